The van der Waals surface area contributed by atoms with Gasteiger partial charge in [-0.25, -0.2) is 9.67 Å². The fraction of sp³-hybridized carbons (Fsp3) is 0.429. The van der Waals surface area contributed by atoms with Crippen LogP contribution in [0, 0.1) is 0 Å². The minimum absolute atomic E-state index is 0.0340. The zero-order valence-corrected chi connectivity index (χ0v) is 13.7. The van der Waals surface area contributed by atoms with Crippen molar-refractivity contribution in [1.82, 2.24) is 14.8 Å². The van der Waals surface area contributed by atoms with Gasteiger partial charge in [0, 0.05) is 23.7 Å². The number of pyridine rings is 1. The smallest absolute Gasteiger partial charge is 0.131 e. The Morgan fingerprint density at radius 1 is 1.52 bits per heavy atom. The number of fused-ring (bicyclic) bond motifs is 2. The molecule has 1 aliphatic heterocycles. The lowest BCUT2D eigenvalue weighted by atomic mass is 9.81. The van der Waals surface area contributed by atoms with E-state index in [1.54, 1.807) is 12.4 Å². The molecule has 0 amide bonds. The maximum absolute atomic E-state index is 6.54. The van der Waals surface area contributed by atoms with Crippen LogP contribution in [0.3, 0.4) is 0 Å². The number of hydrogen-bond donors (Lipinski definition) is 2. The summed E-state index contributed by atoms with van der Waals surface area (Å²) in [5, 5.41) is 8.54. The highest BCUT2D eigenvalue weighted by Gasteiger charge is 2.48. The Kier molecular flexibility index (Phi) is 2.94. The Morgan fingerprint density at radius 3 is 3.14 bits per heavy atom. The summed E-state index contributed by atoms with van der Waals surface area (Å²) in [5.74, 6) is 1.64. The molecule has 2 atom stereocenters. The molecule has 0 unspecified atom stereocenters. The summed E-state index contributed by atoms with van der Waals surface area (Å²) in [4.78, 5) is 4.45. The number of anilines is 2. The van der Waals surface area contributed by atoms with Crippen molar-refractivity contribution in [1.29, 1.82) is 0 Å². The molecule has 21 heavy (non-hydrogen) atoms. The molecule has 1 aliphatic carbocycles. The number of aromatic nitrogens is 3. The van der Waals surface area contributed by atoms with E-state index in [1.165, 1.54) is 0 Å². The number of nitrogens with one attached hydrogen (secondary N) is 1. The maximum Gasteiger partial charge on any atom is 0.131 e. The second-order valence-corrected chi connectivity index (χ2v) is 7.11. The van der Waals surface area contributed by atoms with Gasteiger partial charge in [0.1, 0.15) is 11.6 Å². The normalized spacial score (nSPS) is 27.0. The summed E-state index contributed by atoms with van der Waals surface area (Å²) in [6.45, 7) is 0.878. The molecule has 0 radical (unpaired) electrons. The van der Waals surface area contributed by atoms with Crippen molar-refractivity contribution in [3.8, 4) is 0 Å². The monoisotopic (exact) mass is 367 g/mol. The fourth-order valence-electron chi connectivity index (χ4n) is 3.75. The summed E-state index contributed by atoms with van der Waals surface area (Å²) in [6, 6.07) is 2.17. The number of nitrogens with zero attached hydrogens (tertiary/aromatic N) is 3. The summed E-state index contributed by atoms with van der Waals surface area (Å²) in [7, 11) is 0. The van der Waals surface area contributed by atoms with E-state index in [2.05, 4.69) is 31.3 Å². The van der Waals surface area contributed by atoms with Crippen molar-refractivity contribution in [2.45, 2.75) is 30.7 Å². The number of halogens is 2. The zero-order valence-electron chi connectivity index (χ0n) is 11.3. The Bertz CT molecular complexity index is 715. The molecular formula is C14H15BrClN5. The molecule has 2 aliphatic rings. The van der Waals surface area contributed by atoms with Crippen molar-refractivity contribution in [2.75, 3.05) is 17.6 Å². The highest BCUT2D eigenvalue weighted by Crippen LogP contribution is 2.54. The highest BCUT2D eigenvalue weighted by atomic mass is 79.9. The third-order valence-electron chi connectivity index (χ3n) is 4.73. The molecule has 0 aromatic carbocycles. The van der Waals surface area contributed by atoms with Crippen LogP contribution in [0.4, 0.5) is 11.6 Å². The van der Waals surface area contributed by atoms with E-state index in [0.717, 1.165) is 52.5 Å². The van der Waals surface area contributed by atoms with Crippen LogP contribution in [0.1, 0.15) is 30.9 Å². The lowest BCUT2D eigenvalue weighted by Gasteiger charge is -2.24. The van der Waals surface area contributed by atoms with Gasteiger partial charge in [0.2, 0.25) is 0 Å². The van der Waals surface area contributed by atoms with Crippen LogP contribution in [0.25, 0.3) is 0 Å². The average molecular weight is 369 g/mol. The lowest BCUT2D eigenvalue weighted by Crippen LogP contribution is -2.26. The van der Waals surface area contributed by atoms with Crippen molar-refractivity contribution >= 4 is 39.2 Å². The van der Waals surface area contributed by atoms with Gasteiger partial charge in [0.25, 0.3) is 0 Å². The van der Waals surface area contributed by atoms with Crippen LogP contribution in [0.15, 0.2) is 22.9 Å². The van der Waals surface area contributed by atoms with Gasteiger partial charge in [-0.15, -0.1) is 0 Å². The standard InChI is InChI=1S/C14H15BrClN5/c15-9-6-18-13-11(12(9)16)14(7-19-13)3-1-8(5-14)21-10(17)2-4-20-21/h2,4,6,8H,1,3,5,7,17H2,(H,18,19)/t8-,14-/m0/s1. The molecule has 5 nitrogen and oxygen atoms in total. The predicted molar refractivity (Wildman–Crippen MR) is 86.6 cm³/mol. The number of nitrogens with two attached hydrogens (primary N) is 1. The lowest BCUT2D eigenvalue weighted by molar-refractivity contribution is 0.422. The minimum Gasteiger partial charge on any atom is -0.384 e. The summed E-state index contributed by atoms with van der Waals surface area (Å²) >= 11 is 10.0. The highest BCUT2D eigenvalue weighted by molar-refractivity contribution is 9.10. The van der Waals surface area contributed by atoms with Gasteiger partial charge in [0.15, 0.2) is 0 Å². The summed E-state index contributed by atoms with van der Waals surface area (Å²) < 4.78 is 2.79. The molecule has 2 aromatic rings. The minimum atomic E-state index is 0.0340. The van der Waals surface area contributed by atoms with E-state index in [-0.39, 0.29) is 5.41 Å². The predicted octanol–water partition coefficient (Wildman–Crippen LogP) is 3.36. The van der Waals surface area contributed by atoms with Gasteiger partial charge in [-0.2, -0.15) is 5.10 Å². The van der Waals surface area contributed by atoms with Crippen LogP contribution >= 0.6 is 27.5 Å². The Balaban J connectivity index is 1.74. The Morgan fingerprint density at radius 2 is 2.38 bits per heavy atom. The van der Waals surface area contributed by atoms with Crippen LogP contribution in [0.2, 0.25) is 5.02 Å². The van der Waals surface area contributed by atoms with Gasteiger partial charge < -0.3 is 11.1 Å². The van der Waals surface area contributed by atoms with E-state index in [0.29, 0.717) is 6.04 Å². The SMILES string of the molecule is Nc1ccnn1[C@H]1CC[C@@]2(CNc3ncc(Br)c(Cl)c32)C1. The van der Waals surface area contributed by atoms with E-state index in [9.17, 15) is 0 Å². The zero-order chi connectivity index (χ0) is 14.6. The van der Waals surface area contributed by atoms with Crippen molar-refractivity contribution in [3.63, 3.8) is 0 Å². The molecule has 0 bridgehead atoms. The molecule has 3 N–H and O–H groups in total. The molecule has 4 rings (SSSR count). The average Bonchev–Trinajstić information content (AvgIpc) is 3.15. The second kappa shape index (κ2) is 4.61. The third-order valence-corrected chi connectivity index (χ3v) is 5.95. The van der Waals surface area contributed by atoms with Crippen LogP contribution in [-0.2, 0) is 5.41 Å². The molecular weight excluding hydrogens is 354 g/mol. The number of hydrogen-bond acceptors (Lipinski definition) is 4. The Hall–Kier alpha value is -1.27. The van der Waals surface area contributed by atoms with E-state index in [4.69, 9.17) is 17.3 Å². The molecule has 110 valence electrons. The first kappa shape index (κ1) is 13.4. The van der Waals surface area contributed by atoms with Crippen LogP contribution in [-0.4, -0.2) is 21.3 Å². The Labute approximate surface area is 136 Å². The van der Waals surface area contributed by atoms with Gasteiger partial charge in [-0.05, 0) is 41.3 Å². The molecule has 1 fully saturated rings. The summed E-state index contributed by atoms with van der Waals surface area (Å²) in [6.07, 6.45) is 6.61. The largest absolute Gasteiger partial charge is 0.384 e. The first-order chi connectivity index (χ1) is 10.1. The maximum atomic E-state index is 6.54. The number of rotatable bonds is 1. The van der Waals surface area contributed by atoms with Crippen molar-refractivity contribution in [3.05, 3.63) is 33.5 Å². The molecule has 2 aromatic heterocycles. The quantitative estimate of drug-likeness (QED) is 0.810. The molecule has 1 saturated carbocycles. The molecule has 7 heteroatoms. The van der Waals surface area contributed by atoms with Gasteiger partial charge in [-0.1, -0.05) is 11.6 Å². The fourth-order valence-corrected chi connectivity index (χ4v) is 4.39. The van der Waals surface area contributed by atoms with Crippen molar-refractivity contribution < 1.29 is 0 Å². The van der Waals surface area contributed by atoms with Gasteiger partial charge in [-0.3, -0.25) is 0 Å². The van der Waals surface area contributed by atoms with Crippen LogP contribution < -0.4 is 11.1 Å². The van der Waals surface area contributed by atoms with E-state index < -0.39 is 0 Å². The second-order valence-electron chi connectivity index (χ2n) is 5.87. The first-order valence-corrected chi connectivity index (χ1v) is 8.15. The molecule has 3 heterocycles. The molecule has 0 saturated heterocycles. The van der Waals surface area contributed by atoms with Gasteiger partial charge in [0.05, 0.1) is 21.7 Å². The third kappa shape index (κ3) is 1.89. The number of nitrogen functional groups attached to an aromatic ring is 1. The first-order valence-electron chi connectivity index (χ1n) is 6.98. The van der Waals surface area contributed by atoms with E-state index in [1.807, 2.05) is 10.7 Å². The van der Waals surface area contributed by atoms with Crippen LogP contribution in [0.5, 0.6) is 0 Å². The molecule has 1 spiro atoms. The topological polar surface area (TPSA) is 68.8 Å². The summed E-state index contributed by atoms with van der Waals surface area (Å²) in [5.41, 5.74) is 7.17. The van der Waals surface area contributed by atoms with E-state index >= 15 is 0 Å². The van der Waals surface area contributed by atoms with Gasteiger partial charge >= 0.3 is 0 Å². The van der Waals surface area contributed by atoms with Crippen molar-refractivity contribution in [2.24, 2.45) is 0 Å².